The molecule has 14 heteroatoms. The summed E-state index contributed by atoms with van der Waals surface area (Å²) in [4.78, 5) is 41.5. The highest BCUT2D eigenvalue weighted by atomic mass is 35.5. The summed E-state index contributed by atoms with van der Waals surface area (Å²) >= 11 is 6.38. The van der Waals surface area contributed by atoms with Gasteiger partial charge in [-0.25, -0.2) is 8.42 Å². The molecule has 2 amide bonds. The molecule has 0 spiro atoms. The SMILES string of the molecule is COc1cccc(CN(C(=O)CN(c2cc(Cl)ccc2OC)S(=O)(=O)c2ccc(C)c([N+](=O)[O-])c2)[C@H](Cc2ccccc2)C(=O)NC2CCCCC2)c1. The molecule has 280 valence electrons. The third-order valence-corrected chi connectivity index (χ3v) is 11.4. The van der Waals surface area contributed by atoms with Crippen molar-refractivity contribution < 1.29 is 32.4 Å². The number of sulfonamides is 1. The van der Waals surface area contributed by atoms with Gasteiger partial charge >= 0.3 is 0 Å². The van der Waals surface area contributed by atoms with Gasteiger partial charge < -0.3 is 19.7 Å². The van der Waals surface area contributed by atoms with Gasteiger partial charge in [-0.15, -0.1) is 0 Å². The minimum absolute atomic E-state index is 0.0618. The molecule has 1 N–H and O–H groups in total. The second kappa shape index (κ2) is 17.6. The van der Waals surface area contributed by atoms with Crippen LogP contribution in [0, 0.1) is 17.0 Å². The van der Waals surface area contributed by atoms with E-state index in [0.29, 0.717) is 11.3 Å². The lowest BCUT2D eigenvalue weighted by molar-refractivity contribution is -0.385. The third kappa shape index (κ3) is 9.65. The lowest BCUT2D eigenvalue weighted by Gasteiger charge is -2.35. The second-order valence-corrected chi connectivity index (χ2v) is 15.3. The van der Waals surface area contributed by atoms with Crippen LogP contribution in [0.15, 0.2) is 95.9 Å². The summed E-state index contributed by atoms with van der Waals surface area (Å²) in [6.07, 6.45) is 4.82. The van der Waals surface area contributed by atoms with E-state index in [1.807, 2.05) is 30.3 Å². The highest BCUT2D eigenvalue weighted by Gasteiger charge is 2.37. The molecular formula is C39H43ClN4O8S. The van der Waals surface area contributed by atoms with Gasteiger partial charge in [0.25, 0.3) is 15.7 Å². The van der Waals surface area contributed by atoms with E-state index >= 15 is 0 Å². The van der Waals surface area contributed by atoms with Crippen LogP contribution in [0.1, 0.15) is 48.8 Å². The van der Waals surface area contributed by atoms with Crippen molar-refractivity contribution in [3.05, 3.63) is 123 Å². The molecule has 1 saturated carbocycles. The number of aryl methyl sites for hydroxylation is 1. The molecule has 1 fully saturated rings. The van der Waals surface area contributed by atoms with Crippen molar-refractivity contribution in [2.24, 2.45) is 0 Å². The fourth-order valence-electron chi connectivity index (χ4n) is 6.51. The molecule has 0 aromatic heterocycles. The predicted molar refractivity (Wildman–Crippen MR) is 203 cm³/mol. The van der Waals surface area contributed by atoms with Crippen LogP contribution >= 0.6 is 11.6 Å². The number of rotatable bonds is 15. The minimum atomic E-state index is -4.69. The Hall–Kier alpha value is -5.14. The maximum atomic E-state index is 14.9. The van der Waals surface area contributed by atoms with Gasteiger partial charge in [0.05, 0.1) is 29.7 Å². The van der Waals surface area contributed by atoms with E-state index in [4.69, 9.17) is 21.1 Å². The lowest BCUT2D eigenvalue weighted by Crippen LogP contribution is -2.55. The highest BCUT2D eigenvalue weighted by Crippen LogP contribution is 2.36. The van der Waals surface area contributed by atoms with Crippen molar-refractivity contribution in [1.29, 1.82) is 0 Å². The van der Waals surface area contributed by atoms with Crippen molar-refractivity contribution in [2.75, 3.05) is 25.1 Å². The van der Waals surface area contributed by atoms with Crippen LogP contribution in [0.2, 0.25) is 5.02 Å². The molecule has 12 nitrogen and oxygen atoms in total. The smallest absolute Gasteiger partial charge is 0.273 e. The Kier molecular flexibility index (Phi) is 13.0. The maximum Gasteiger partial charge on any atom is 0.273 e. The van der Waals surface area contributed by atoms with Crippen molar-refractivity contribution in [3.63, 3.8) is 0 Å². The quantitative estimate of drug-likeness (QED) is 0.102. The number of carbonyl (C=O) groups excluding carboxylic acids is 2. The average molecular weight is 763 g/mol. The molecular weight excluding hydrogens is 720 g/mol. The average Bonchev–Trinajstić information content (AvgIpc) is 3.15. The Bertz CT molecular complexity index is 2040. The number of nitrogens with one attached hydrogen (secondary N) is 1. The molecule has 0 radical (unpaired) electrons. The number of ether oxygens (including phenoxy) is 2. The summed E-state index contributed by atoms with van der Waals surface area (Å²) in [5.74, 6) is -0.446. The minimum Gasteiger partial charge on any atom is -0.497 e. The molecule has 1 aliphatic carbocycles. The molecule has 0 heterocycles. The Morgan fingerprint density at radius 1 is 0.925 bits per heavy atom. The molecule has 0 saturated heterocycles. The lowest BCUT2D eigenvalue weighted by atomic mass is 9.94. The molecule has 1 aliphatic rings. The first kappa shape index (κ1) is 39.1. The normalized spacial score (nSPS) is 13.8. The first-order valence-electron chi connectivity index (χ1n) is 17.3. The molecule has 1 atom stereocenters. The van der Waals surface area contributed by atoms with E-state index in [-0.39, 0.29) is 46.9 Å². The van der Waals surface area contributed by atoms with E-state index in [2.05, 4.69) is 5.32 Å². The number of hydrogen-bond donors (Lipinski definition) is 1. The number of halogens is 1. The summed E-state index contributed by atoms with van der Waals surface area (Å²) in [6.45, 7) is 0.631. The van der Waals surface area contributed by atoms with Crippen molar-refractivity contribution in [3.8, 4) is 11.5 Å². The third-order valence-electron chi connectivity index (χ3n) is 9.36. The van der Waals surface area contributed by atoms with E-state index in [9.17, 15) is 28.1 Å². The number of nitrogens with zero attached hydrogens (tertiary/aromatic N) is 3. The van der Waals surface area contributed by atoms with Crippen molar-refractivity contribution in [1.82, 2.24) is 10.2 Å². The predicted octanol–water partition coefficient (Wildman–Crippen LogP) is 6.86. The Morgan fingerprint density at radius 3 is 2.32 bits per heavy atom. The molecule has 0 bridgehead atoms. The Balaban J connectivity index is 1.64. The van der Waals surface area contributed by atoms with Gasteiger partial charge in [0.2, 0.25) is 11.8 Å². The van der Waals surface area contributed by atoms with Crippen LogP contribution in [0.3, 0.4) is 0 Å². The van der Waals surface area contributed by atoms with Crippen LogP contribution in [0.5, 0.6) is 11.5 Å². The number of hydrogen-bond acceptors (Lipinski definition) is 8. The summed E-state index contributed by atoms with van der Waals surface area (Å²) in [5.41, 5.74) is 1.23. The number of carbonyl (C=O) groups is 2. The zero-order valence-electron chi connectivity index (χ0n) is 29.9. The summed E-state index contributed by atoms with van der Waals surface area (Å²) in [5, 5.41) is 15.2. The van der Waals surface area contributed by atoms with E-state index in [1.54, 1.807) is 24.3 Å². The van der Waals surface area contributed by atoms with Gasteiger partial charge in [-0.05, 0) is 67.3 Å². The zero-order valence-corrected chi connectivity index (χ0v) is 31.4. The summed E-state index contributed by atoms with van der Waals surface area (Å²) in [6, 6.07) is 23.1. The van der Waals surface area contributed by atoms with Gasteiger partial charge in [0.1, 0.15) is 24.1 Å². The van der Waals surface area contributed by atoms with Crippen LogP contribution in [0.4, 0.5) is 11.4 Å². The summed E-state index contributed by atoms with van der Waals surface area (Å²) in [7, 11) is -1.83. The summed E-state index contributed by atoms with van der Waals surface area (Å²) < 4.78 is 41.0. The van der Waals surface area contributed by atoms with Crippen molar-refractivity contribution >= 4 is 44.8 Å². The molecule has 53 heavy (non-hydrogen) atoms. The van der Waals surface area contributed by atoms with Gasteiger partial charge in [-0.2, -0.15) is 0 Å². The fourth-order valence-corrected chi connectivity index (χ4v) is 8.11. The zero-order chi connectivity index (χ0) is 38.1. The number of amides is 2. The van der Waals surface area contributed by atoms with E-state index in [1.165, 1.54) is 56.4 Å². The van der Waals surface area contributed by atoms with Crippen LogP contribution in [-0.2, 0) is 32.6 Å². The monoisotopic (exact) mass is 762 g/mol. The standard InChI is InChI=1S/C39H43ClN4O8S/c1-27-17-19-33(24-34(27)44(47)48)53(49,50)43(35-23-30(40)18-20-37(35)52-3)26-38(45)42(25-29-13-10-16-32(21-29)51-2)36(22-28-11-6-4-7-12-28)39(46)41-31-14-8-5-9-15-31/h4,6-7,10-13,16-21,23-24,31,36H,5,8-9,14-15,22,25-26H2,1-3H3,(H,41,46)/t36-/m1/s1. The second-order valence-electron chi connectivity index (χ2n) is 13.0. The van der Waals surface area contributed by atoms with Crippen LogP contribution in [0.25, 0.3) is 0 Å². The topological polar surface area (TPSA) is 148 Å². The largest absolute Gasteiger partial charge is 0.497 e. The van der Waals surface area contributed by atoms with Gasteiger partial charge in [0.15, 0.2) is 0 Å². The van der Waals surface area contributed by atoms with Gasteiger partial charge in [0, 0.05) is 35.7 Å². The molecule has 4 aromatic carbocycles. The molecule has 5 rings (SSSR count). The van der Waals surface area contributed by atoms with Crippen molar-refractivity contribution in [2.45, 2.75) is 69.0 Å². The molecule has 0 unspecified atom stereocenters. The first-order chi connectivity index (χ1) is 25.4. The first-order valence-corrected chi connectivity index (χ1v) is 19.1. The number of nitro benzene ring substituents is 1. The Morgan fingerprint density at radius 2 is 1.64 bits per heavy atom. The number of anilines is 1. The van der Waals surface area contributed by atoms with E-state index in [0.717, 1.165) is 48.0 Å². The van der Waals surface area contributed by atoms with Gasteiger partial charge in [-0.1, -0.05) is 79.4 Å². The molecule has 0 aliphatic heterocycles. The Labute approximate surface area is 314 Å². The number of benzene rings is 4. The highest BCUT2D eigenvalue weighted by molar-refractivity contribution is 7.92. The molecule has 4 aromatic rings. The number of nitro groups is 1. The maximum absolute atomic E-state index is 14.9. The number of methoxy groups -OCH3 is 2. The fraction of sp³-hybridized carbons (Fsp3) is 0.333. The van der Waals surface area contributed by atoms with Crippen LogP contribution in [-0.4, -0.2) is 62.9 Å². The van der Waals surface area contributed by atoms with Crippen LogP contribution < -0.4 is 19.1 Å². The van der Waals surface area contributed by atoms with E-state index < -0.39 is 44.0 Å². The van der Waals surface area contributed by atoms with Gasteiger partial charge in [-0.3, -0.25) is 24.0 Å².